The van der Waals surface area contributed by atoms with Gasteiger partial charge in [0, 0.05) is 30.2 Å². The molecule has 0 radical (unpaired) electrons. The van der Waals surface area contributed by atoms with Crippen LogP contribution in [-0.2, 0) is 16.1 Å². The quantitative estimate of drug-likeness (QED) is 0.489. The van der Waals surface area contributed by atoms with Gasteiger partial charge in [0.25, 0.3) is 0 Å². The van der Waals surface area contributed by atoms with Crippen molar-refractivity contribution >= 4 is 46.8 Å². The van der Waals surface area contributed by atoms with Crippen molar-refractivity contribution < 1.29 is 9.59 Å². The van der Waals surface area contributed by atoms with Gasteiger partial charge in [0.05, 0.1) is 10.0 Å². The van der Waals surface area contributed by atoms with Crippen molar-refractivity contribution in [3.05, 3.63) is 64.1 Å². The lowest BCUT2D eigenvalue weighted by molar-refractivity contribution is -0.141. The number of benzene rings is 2. The fraction of sp³-hybridized carbons (Fsp3) is 0.364. The van der Waals surface area contributed by atoms with Crippen molar-refractivity contribution in [3.63, 3.8) is 0 Å². The summed E-state index contributed by atoms with van der Waals surface area (Å²) in [5, 5.41) is 3.73. The largest absolute Gasteiger partial charge is 0.355 e. The molecule has 1 N–H and O–H groups in total. The molecule has 2 rings (SSSR count). The first-order valence-corrected chi connectivity index (χ1v) is 11.4. The highest BCUT2D eigenvalue weighted by molar-refractivity contribution is 7.99. The van der Waals surface area contributed by atoms with Crippen molar-refractivity contribution in [2.45, 2.75) is 44.2 Å². The Labute approximate surface area is 187 Å². The molecule has 1 atom stereocenters. The van der Waals surface area contributed by atoms with Crippen LogP contribution in [0.1, 0.15) is 32.3 Å². The summed E-state index contributed by atoms with van der Waals surface area (Å²) in [4.78, 5) is 28.4. The van der Waals surface area contributed by atoms with Gasteiger partial charge in [0.15, 0.2) is 0 Å². The second-order valence-corrected chi connectivity index (χ2v) is 8.48. The lowest BCUT2D eigenvalue weighted by atomic mass is 10.1. The van der Waals surface area contributed by atoms with E-state index < -0.39 is 6.04 Å². The van der Waals surface area contributed by atoms with E-state index >= 15 is 0 Å². The standard InChI is InChI=1S/C22H26Cl2N2O2S/c1-3-20(22(28)25-4-2)26(15-16-10-11-18(23)19(24)14-16)21(27)12-13-29-17-8-6-5-7-9-17/h5-11,14,20H,3-4,12-13,15H2,1-2H3,(H,25,28)/t20-/m1/s1. The summed E-state index contributed by atoms with van der Waals surface area (Å²) in [5.41, 5.74) is 0.839. The Balaban J connectivity index is 2.14. The van der Waals surface area contributed by atoms with Gasteiger partial charge in [-0.3, -0.25) is 9.59 Å². The minimum Gasteiger partial charge on any atom is -0.355 e. The van der Waals surface area contributed by atoms with Gasteiger partial charge in [-0.1, -0.05) is 54.4 Å². The first kappa shape index (κ1) is 23.6. The summed E-state index contributed by atoms with van der Waals surface area (Å²) in [6.45, 7) is 4.61. The molecule has 0 aromatic heterocycles. The maximum absolute atomic E-state index is 13.1. The lowest BCUT2D eigenvalue weighted by Gasteiger charge is -2.30. The van der Waals surface area contributed by atoms with Gasteiger partial charge in [-0.25, -0.2) is 0 Å². The Morgan fingerprint density at radius 2 is 1.79 bits per heavy atom. The smallest absolute Gasteiger partial charge is 0.242 e. The van der Waals surface area contributed by atoms with Crippen LogP contribution >= 0.6 is 35.0 Å². The lowest BCUT2D eigenvalue weighted by Crippen LogP contribution is -2.49. The zero-order valence-corrected chi connectivity index (χ0v) is 19.0. The van der Waals surface area contributed by atoms with E-state index in [9.17, 15) is 9.59 Å². The normalized spacial score (nSPS) is 11.7. The molecule has 2 aromatic carbocycles. The number of nitrogens with one attached hydrogen (secondary N) is 1. The topological polar surface area (TPSA) is 49.4 Å². The molecule has 156 valence electrons. The molecule has 29 heavy (non-hydrogen) atoms. The van der Waals surface area contributed by atoms with Crippen LogP contribution in [0.15, 0.2) is 53.4 Å². The van der Waals surface area contributed by atoms with Gasteiger partial charge in [-0.15, -0.1) is 11.8 Å². The van der Waals surface area contributed by atoms with Gasteiger partial charge < -0.3 is 10.2 Å². The Bertz CT molecular complexity index is 818. The predicted octanol–water partition coefficient (Wildman–Crippen LogP) is 5.42. The van der Waals surface area contributed by atoms with Gasteiger partial charge in [0.2, 0.25) is 11.8 Å². The van der Waals surface area contributed by atoms with E-state index in [1.54, 1.807) is 28.8 Å². The Hall–Kier alpha value is -1.69. The number of hydrogen-bond acceptors (Lipinski definition) is 3. The van der Waals surface area contributed by atoms with Crippen LogP contribution in [0.5, 0.6) is 0 Å². The van der Waals surface area contributed by atoms with E-state index in [1.807, 2.05) is 50.2 Å². The highest BCUT2D eigenvalue weighted by Crippen LogP contribution is 2.25. The Morgan fingerprint density at radius 3 is 2.41 bits per heavy atom. The summed E-state index contributed by atoms with van der Waals surface area (Å²) in [5.74, 6) is 0.448. The first-order chi connectivity index (χ1) is 14.0. The number of rotatable bonds is 10. The van der Waals surface area contributed by atoms with Crippen molar-refractivity contribution in [1.82, 2.24) is 10.2 Å². The van der Waals surface area contributed by atoms with Crippen LogP contribution in [0.2, 0.25) is 10.0 Å². The summed E-state index contributed by atoms with van der Waals surface area (Å²) < 4.78 is 0. The van der Waals surface area contributed by atoms with Gasteiger partial charge in [0.1, 0.15) is 6.04 Å². The predicted molar refractivity (Wildman–Crippen MR) is 122 cm³/mol. The minimum atomic E-state index is -0.529. The van der Waals surface area contributed by atoms with E-state index in [1.165, 1.54) is 0 Å². The number of hydrogen-bond donors (Lipinski definition) is 1. The number of likely N-dealkylation sites (N-methyl/N-ethyl adjacent to an activating group) is 1. The van der Waals surface area contributed by atoms with E-state index in [-0.39, 0.29) is 11.8 Å². The third-order valence-corrected chi connectivity index (χ3v) is 6.15. The molecule has 0 aliphatic heterocycles. The van der Waals surface area contributed by atoms with E-state index in [4.69, 9.17) is 23.2 Å². The second kappa shape index (κ2) is 12.1. The monoisotopic (exact) mass is 452 g/mol. The highest BCUT2D eigenvalue weighted by Gasteiger charge is 2.28. The van der Waals surface area contributed by atoms with E-state index in [0.29, 0.717) is 41.7 Å². The third-order valence-electron chi connectivity index (χ3n) is 4.40. The van der Waals surface area contributed by atoms with Gasteiger partial charge >= 0.3 is 0 Å². The molecule has 7 heteroatoms. The summed E-state index contributed by atoms with van der Waals surface area (Å²) in [6.07, 6.45) is 0.876. The van der Waals surface area contributed by atoms with Crippen LogP contribution in [-0.4, -0.2) is 35.1 Å². The molecule has 0 heterocycles. The molecular formula is C22H26Cl2N2O2S. The zero-order chi connectivity index (χ0) is 21.2. The van der Waals surface area contributed by atoms with E-state index in [2.05, 4.69) is 5.32 Å². The molecule has 0 aliphatic rings. The summed E-state index contributed by atoms with van der Waals surface area (Å²) in [6, 6.07) is 14.7. The molecular weight excluding hydrogens is 427 g/mol. The summed E-state index contributed by atoms with van der Waals surface area (Å²) >= 11 is 13.8. The molecule has 0 saturated carbocycles. The van der Waals surface area contributed by atoms with Crippen LogP contribution in [0.4, 0.5) is 0 Å². The Kier molecular flexibility index (Phi) is 9.85. The molecule has 0 unspecified atom stereocenters. The highest BCUT2D eigenvalue weighted by atomic mass is 35.5. The molecule has 0 fully saturated rings. The molecule has 0 bridgehead atoms. The molecule has 0 spiro atoms. The molecule has 2 aromatic rings. The number of nitrogens with zero attached hydrogens (tertiary/aromatic N) is 1. The number of amides is 2. The van der Waals surface area contributed by atoms with Crippen molar-refractivity contribution in [3.8, 4) is 0 Å². The van der Waals surface area contributed by atoms with Crippen molar-refractivity contribution in [2.24, 2.45) is 0 Å². The Morgan fingerprint density at radius 1 is 1.07 bits per heavy atom. The molecule has 0 saturated heterocycles. The zero-order valence-electron chi connectivity index (χ0n) is 16.7. The second-order valence-electron chi connectivity index (χ2n) is 6.50. The van der Waals surface area contributed by atoms with Crippen LogP contribution in [0, 0.1) is 0 Å². The average Bonchev–Trinajstić information content (AvgIpc) is 2.71. The maximum Gasteiger partial charge on any atom is 0.242 e. The minimum absolute atomic E-state index is 0.0578. The number of carbonyl (C=O) groups excluding carboxylic acids is 2. The van der Waals surface area contributed by atoms with Gasteiger partial charge in [-0.2, -0.15) is 0 Å². The van der Waals surface area contributed by atoms with Crippen molar-refractivity contribution in [2.75, 3.05) is 12.3 Å². The number of thioether (sulfide) groups is 1. The molecule has 2 amide bonds. The average molecular weight is 453 g/mol. The van der Waals surface area contributed by atoms with Crippen LogP contribution < -0.4 is 5.32 Å². The SMILES string of the molecule is CCNC(=O)[C@@H](CC)N(Cc1ccc(Cl)c(Cl)c1)C(=O)CCSc1ccccc1. The van der Waals surface area contributed by atoms with Crippen molar-refractivity contribution in [1.29, 1.82) is 0 Å². The van der Waals surface area contributed by atoms with Crippen LogP contribution in [0.3, 0.4) is 0 Å². The third kappa shape index (κ3) is 7.25. The molecule has 0 aliphatic carbocycles. The first-order valence-electron chi connectivity index (χ1n) is 9.65. The number of carbonyl (C=O) groups is 2. The maximum atomic E-state index is 13.1. The van der Waals surface area contributed by atoms with E-state index in [0.717, 1.165) is 10.5 Å². The summed E-state index contributed by atoms with van der Waals surface area (Å²) in [7, 11) is 0. The molecule has 4 nitrogen and oxygen atoms in total. The number of halogens is 2. The van der Waals surface area contributed by atoms with Crippen LogP contribution in [0.25, 0.3) is 0 Å². The van der Waals surface area contributed by atoms with Gasteiger partial charge in [-0.05, 0) is 43.2 Å². The fourth-order valence-corrected chi connectivity index (χ4v) is 4.15. The fourth-order valence-electron chi connectivity index (χ4n) is 2.96.